The molecule has 1 aromatic heterocycles. The van der Waals surface area contributed by atoms with Gasteiger partial charge in [0.15, 0.2) is 0 Å². The van der Waals surface area contributed by atoms with E-state index < -0.39 is 6.10 Å². The molecule has 5 heteroatoms. The van der Waals surface area contributed by atoms with Crippen molar-refractivity contribution in [2.75, 3.05) is 13.2 Å². The third-order valence-electron chi connectivity index (χ3n) is 4.73. The molecule has 3 rings (SSSR count). The van der Waals surface area contributed by atoms with Crippen molar-refractivity contribution in [3.63, 3.8) is 0 Å². The normalized spacial score (nSPS) is 27.6. The zero-order valence-electron chi connectivity index (χ0n) is 12.9. The van der Waals surface area contributed by atoms with Gasteiger partial charge >= 0.3 is 0 Å². The van der Waals surface area contributed by atoms with Crippen molar-refractivity contribution in [3.05, 3.63) is 22.4 Å². The Bertz CT molecular complexity index is 470. The molecule has 1 aromatic rings. The summed E-state index contributed by atoms with van der Waals surface area (Å²) < 4.78 is 5.58. The van der Waals surface area contributed by atoms with Crippen LogP contribution < -0.4 is 0 Å². The highest BCUT2D eigenvalue weighted by molar-refractivity contribution is 7.10. The van der Waals surface area contributed by atoms with Crippen LogP contribution in [-0.2, 0) is 9.53 Å². The number of rotatable bonds is 4. The third kappa shape index (κ3) is 3.70. The zero-order valence-corrected chi connectivity index (χ0v) is 13.8. The lowest BCUT2D eigenvalue weighted by atomic mass is 10.0. The first-order valence-electron chi connectivity index (χ1n) is 8.39. The molecular formula is C17H25NO3S. The van der Waals surface area contributed by atoms with Gasteiger partial charge in [-0.2, -0.15) is 0 Å². The second kappa shape index (κ2) is 7.57. The van der Waals surface area contributed by atoms with Crippen molar-refractivity contribution >= 4 is 17.2 Å². The number of carbonyl (C=O) groups is 1. The monoisotopic (exact) mass is 323 g/mol. The van der Waals surface area contributed by atoms with Crippen LogP contribution in [0, 0.1) is 0 Å². The molecule has 2 saturated heterocycles. The van der Waals surface area contributed by atoms with Gasteiger partial charge in [-0.05, 0) is 43.6 Å². The van der Waals surface area contributed by atoms with Crippen molar-refractivity contribution < 1.29 is 14.6 Å². The van der Waals surface area contributed by atoms with Gasteiger partial charge in [0.1, 0.15) is 6.10 Å². The average molecular weight is 323 g/mol. The summed E-state index contributed by atoms with van der Waals surface area (Å²) in [4.78, 5) is 15.7. The van der Waals surface area contributed by atoms with Gasteiger partial charge in [-0.15, -0.1) is 11.3 Å². The lowest BCUT2D eigenvalue weighted by Crippen LogP contribution is -2.45. The van der Waals surface area contributed by atoms with Gasteiger partial charge in [0, 0.05) is 24.1 Å². The summed E-state index contributed by atoms with van der Waals surface area (Å²) in [5.74, 6) is 0.141. The zero-order chi connectivity index (χ0) is 15.4. The van der Waals surface area contributed by atoms with Crippen molar-refractivity contribution in [3.8, 4) is 0 Å². The van der Waals surface area contributed by atoms with Gasteiger partial charge in [0.05, 0.1) is 6.10 Å². The largest absolute Gasteiger partial charge is 0.387 e. The smallest absolute Gasteiger partial charge is 0.251 e. The van der Waals surface area contributed by atoms with Crippen LogP contribution in [-0.4, -0.2) is 41.2 Å². The number of aliphatic hydroxyl groups is 1. The predicted molar refractivity (Wildman–Crippen MR) is 86.8 cm³/mol. The molecule has 2 fully saturated rings. The first-order chi connectivity index (χ1) is 10.8. The maximum Gasteiger partial charge on any atom is 0.251 e. The Morgan fingerprint density at radius 3 is 3.00 bits per heavy atom. The standard InChI is InChI=1S/C17H25NO3S/c19-14(16-8-5-11-22-16)12-13-6-2-1-3-9-18(13)17(20)15-7-4-10-21-15/h5,8,11,13-15,19H,1-4,6-7,9-10,12H2. The Hall–Kier alpha value is -0.910. The number of likely N-dealkylation sites (tertiary alicyclic amines) is 1. The molecule has 0 radical (unpaired) electrons. The Kier molecular flexibility index (Phi) is 5.50. The van der Waals surface area contributed by atoms with Gasteiger partial charge in [-0.25, -0.2) is 0 Å². The molecule has 122 valence electrons. The third-order valence-corrected chi connectivity index (χ3v) is 5.71. The maximum absolute atomic E-state index is 12.8. The van der Waals surface area contributed by atoms with Crippen molar-refractivity contribution in [1.82, 2.24) is 4.90 Å². The van der Waals surface area contributed by atoms with Crippen LogP contribution in [0.2, 0.25) is 0 Å². The molecule has 22 heavy (non-hydrogen) atoms. The van der Waals surface area contributed by atoms with Crippen molar-refractivity contribution in [1.29, 1.82) is 0 Å². The second-order valence-electron chi connectivity index (χ2n) is 6.30. The number of hydrogen-bond donors (Lipinski definition) is 1. The minimum atomic E-state index is -0.470. The van der Waals surface area contributed by atoms with E-state index in [9.17, 15) is 9.90 Å². The highest BCUT2D eigenvalue weighted by Crippen LogP contribution is 2.30. The molecule has 3 heterocycles. The van der Waals surface area contributed by atoms with E-state index in [2.05, 4.69) is 0 Å². The molecule has 2 aliphatic rings. The molecule has 0 aromatic carbocycles. The van der Waals surface area contributed by atoms with Crippen LogP contribution in [0.3, 0.4) is 0 Å². The highest BCUT2D eigenvalue weighted by Gasteiger charge is 2.34. The SMILES string of the molecule is O=C(C1CCCO1)N1CCCCCC1CC(O)c1cccs1. The van der Waals surface area contributed by atoms with E-state index in [-0.39, 0.29) is 18.1 Å². The lowest BCUT2D eigenvalue weighted by molar-refractivity contribution is -0.143. The molecule has 1 amide bonds. The molecule has 1 N–H and O–H groups in total. The molecule has 0 saturated carbocycles. The van der Waals surface area contributed by atoms with Crippen molar-refractivity contribution in [2.24, 2.45) is 0 Å². The average Bonchev–Trinajstić information content (AvgIpc) is 3.18. The summed E-state index contributed by atoms with van der Waals surface area (Å²) >= 11 is 1.58. The van der Waals surface area contributed by atoms with Crippen LogP contribution in [0.15, 0.2) is 17.5 Å². The number of ether oxygens (including phenoxy) is 1. The van der Waals surface area contributed by atoms with E-state index in [1.54, 1.807) is 11.3 Å². The molecule has 3 unspecified atom stereocenters. The summed E-state index contributed by atoms with van der Waals surface area (Å²) in [6, 6.07) is 4.07. The fraction of sp³-hybridized carbons (Fsp3) is 0.706. The predicted octanol–water partition coefficient (Wildman–Crippen LogP) is 3.12. The molecule has 3 atom stereocenters. The summed E-state index contributed by atoms with van der Waals surface area (Å²) in [5.41, 5.74) is 0. The number of hydrogen-bond acceptors (Lipinski definition) is 4. The Morgan fingerprint density at radius 2 is 2.27 bits per heavy atom. The van der Waals surface area contributed by atoms with Crippen LogP contribution in [0.25, 0.3) is 0 Å². The van der Waals surface area contributed by atoms with Gasteiger partial charge < -0.3 is 14.7 Å². The number of thiophene rings is 1. The first kappa shape index (κ1) is 16.0. The van der Waals surface area contributed by atoms with E-state index in [1.165, 1.54) is 6.42 Å². The highest BCUT2D eigenvalue weighted by atomic mass is 32.1. The summed E-state index contributed by atoms with van der Waals surface area (Å²) in [7, 11) is 0. The maximum atomic E-state index is 12.8. The number of nitrogens with zero attached hydrogens (tertiary/aromatic N) is 1. The van der Waals surface area contributed by atoms with Gasteiger partial charge in [-0.3, -0.25) is 4.79 Å². The molecule has 0 bridgehead atoms. The number of amides is 1. The van der Waals surface area contributed by atoms with E-state index in [1.807, 2.05) is 22.4 Å². The number of aliphatic hydroxyl groups excluding tert-OH is 1. The molecule has 0 spiro atoms. The van der Waals surface area contributed by atoms with Crippen LogP contribution >= 0.6 is 11.3 Å². The lowest BCUT2D eigenvalue weighted by Gasteiger charge is -2.33. The Morgan fingerprint density at radius 1 is 1.36 bits per heavy atom. The first-order valence-corrected chi connectivity index (χ1v) is 9.27. The van der Waals surface area contributed by atoms with E-state index in [0.717, 1.165) is 43.5 Å². The molecule has 4 nitrogen and oxygen atoms in total. The van der Waals surface area contributed by atoms with E-state index in [0.29, 0.717) is 13.0 Å². The van der Waals surface area contributed by atoms with Gasteiger partial charge in [0.25, 0.3) is 5.91 Å². The Balaban J connectivity index is 1.68. The summed E-state index contributed by atoms with van der Waals surface area (Å²) in [6.45, 7) is 1.51. The van der Waals surface area contributed by atoms with Gasteiger partial charge in [-0.1, -0.05) is 18.9 Å². The fourth-order valence-corrected chi connectivity index (χ4v) is 4.25. The summed E-state index contributed by atoms with van der Waals surface area (Å²) in [5, 5.41) is 12.4. The summed E-state index contributed by atoms with van der Waals surface area (Å²) in [6.07, 6.45) is 6.09. The molecule has 2 aliphatic heterocycles. The number of carbonyl (C=O) groups excluding carboxylic acids is 1. The van der Waals surface area contributed by atoms with Crippen LogP contribution in [0.1, 0.15) is 55.9 Å². The Labute approximate surface area is 136 Å². The van der Waals surface area contributed by atoms with E-state index >= 15 is 0 Å². The van der Waals surface area contributed by atoms with Crippen LogP contribution in [0.4, 0.5) is 0 Å². The van der Waals surface area contributed by atoms with Crippen molar-refractivity contribution in [2.45, 2.75) is 63.2 Å². The van der Waals surface area contributed by atoms with Crippen LogP contribution in [0.5, 0.6) is 0 Å². The minimum Gasteiger partial charge on any atom is -0.387 e. The fourth-order valence-electron chi connectivity index (χ4n) is 3.52. The second-order valence-corrected chi connectivity index (χ2v) is 7.28. The minimum absolute atomic E-state index is 0.135. The van der Waals surface area contributed by atoms with E-state index in [4.69, 9.17) is 4.74 Å². The van der Waals surface area contributed by atoms with Gasteiger partial charge in [0.2, 0.25) is 0 Å². The molecule has 0 aliphatic carbocycles. The quantitative estimate of drug-likeness (QED) is 0.926. The topological polar surface area (TPSA) is 49.8 Å². The molecular weight excluding hydrogens is 298 g/mol.